The molecule has 0 atom stereocenters. The number of amides is 1. The molecule has 2 aromatic rings. The van der Waals surface area contributed by atoms with Crippen LogP contribution in [-0.2, 0) is 0 Å². The number of hydrogen-bond donors (Lipinski definition) is 1. The normalized spacial score (nSPS) is 9.81. The third-order valence-corrected chi connectivity index (χ3v) is 3.06. The van der Waals surface area contributed by atoms with Crippen LogP contribution in [0.25, 0.3) is 6.08 Å². The predicted octanol–water partition coefficient (Wildman–Crippen LogP) is 3.60. The summed E-state index contributed by atoms with van der Waals surface area (Å²) in [6, 6.07) is 12.6. The first kappa shape index (κ1) is 14.7. The average molecular weight is 283 g/mol. The zero-order valence-electron chi connectivity index (χ0n) is 12.1. The minimum absolute atomic E-state index is 0.282. The highest BCUT2D eigenvalue weighted by Gasteiger charge is 2.18. The zero-order valence-corrected chi connectivity index (χ0v) is 12.1. The molecule has 0 fully saturated rings. The molecule has 2 rings (SSSR count). The van der Waals surface area contributed by atoms with Crippen LogP contribution < -0.4 is 14.8 Å². The van der Waals surface area contributed by atoms with Crippen LogP contribution in [0.4, 0.5) is 5.69 Å². The first-order chi connectivity index (χ1) is 10.2. The van der Waals surface area contributed by atoms with Gasteiger partial charge in [0.15, 0.2) is 0 Å². The van der Waals surface area contributed by atoms with Gasteiger partial charge in [0.1, 0.15) is 17.1 Å². The molecule has 108 valence electrons. The van der Waals surface area contributed by atoms with Gasteiger partial charge in [0.25, 0.3) is 5.91 Å². The van der Waals surface area contributed by atoms with Crippen LogP contribution in [0, 0.1) is 0 Å². The molecule has 1 N–H and O–H groups in total. The van der Waals surface area contributed by atoms with E-state index >= 15 is 0 Å². The highest BCUT2D eigenvalue weighted by atomic mass is 16.5. The summed E-state index contributed by atoms with van der Waals surface area (Å²) in [5, 5.41) is 2.83. The summed E-state index contributed by atoms with van der Waals surface area (Å²) < 4.78 is 10.5. The third kappa shape index (κ3) is 3.23. The first-order valence-corrected chi connectivity index (χ1v) is 6.44. The number of anilines is 1. The minimum Gasteiger partial charge on any atom is -0.496 e. The molecule has 0 aliphatic rings. The molecule has 0 unspecified atom stereocenters. The van der Waals surface area contributed by atoms with Crippen LogP contribution in [0.2, 0.25) is 0 Å². The fourth-order valence-electron chi connectivity index (χ4n) is 1.97. The van der Waals surface area contributed by atoms with E-state index in [2.05, 4.69) is 11.9 Å². The summed E-state index contributed by atoms with van der Waals surface area (Å²) in [6.07, 6.45) is 1.74. The lowest BCUT2D eigenvalue weighted by Gasteiger charge is -2.13. The summed E-state index contributed by atoms with van der Waals surface area (Å²) in [4.78, 5) is 12.4. The molecule has 0 bridgehead atoms. The van der Waals surface area contributed by atoms with Crippen LogP contribution in [0.5, 0.6) is 11.5 Å². The third-order valence-electron chi connectivity index (χ3n) is 3.06. The van der Waals surface area contributed by atoms with Gasteiger partial charge in [0.05, 0.1) is 14.2 Å². The van der Waals surface area contributed by atoms with Gasteiger partial charge in [-0.3, -0.25) is 4.79 Å². The Kier molecular flexibility index (Phi) is 4.61. The van der Waals surface area contributed by atoms with Crippen molar-refractivity contribution in [2.75, 3.05) is 19.5 Å². The molecule has 0 spiro atoms. The highest BCUT2D eigenvalue weighted by molar-refractivity contribution is 6.08. The Balaban J connectivity index is 2.29. The lowest BCUT2D eigenvalue weighted by molar-refractivity contribution is 0.102. The molecule has 0 aromatic heterocycles. The van der Waals surface area contributed by atoms with Crippen molar-refractivity contribution < 1.29 is 14.3 Å². The Morgan fingerprint density at radius 1 is 1.05 bits per heavy atom. The van der Waals surface area contributed by atoms with Crippen molar-refractivity contribution in [3.63, 3.8) is 0 Å². The van der Waals surface area contributed by atoms with Gasteiger partial charge in [-0.25, -0.2) is 0 Å². The standard InChI is InChI=1S/C17H17NO3/c1-4-12-8-10-13(11-9-12)18-17(19)16-14(20-2)6-5-7-15(16)21-3/h4-11H,1H2,2-3H3,(H,18,19). The molecule has 0 saturated carbocycles. The first-order valence-electron chi connectivity index (χ1n) is 6.44. The second kappa shape index (κ2) is 6.61. The smallest absolute Gasteiger partial charge is 0.263 e. The van der Waals surface area contributed by atoms with Gasteiger partial charge in [0.2, 0.25) is 0 Å². The molecule has 21 heavy (non-hydrogen) atoms. The Morgan fingerprint density at radius 3 is 2.10 bits per heavy atom. The molecule has 4 heteroatoms. The fraction of sp³-hybridized carbons (Fsp3) is 0.118. The molecule has 0 saturated heterocycles. The van der Waals surface area contributed by atoms with Crippen molar-refractivity contribution in [1.29, 1.82) is 0 Å². The lowest BCUT2D eigenvalue weighted by atomic mass is 10.1. The monoisotopic (exact) mass is 283 g/mol. The second-order valence-electron chi connectivity index (χ2n) is 4.32. The SMILES string of the molecule is C=Cc1ccc(NC(=O)c2c(OC)cccc2OC)cc1. The topological polar surface area (TPSA) is 47.6 Å². The van der Waals surface area contributed by atoms with E-state index in [4.69, 9.17) is 9.47 Å². The number of nitrogens with one attached hydrogen (secondary N) is 1. The van der Waals surface area contributed by atoms with Crippen molar-refractivity contribution in [3.05, 3.63) is 60.2 Å². The fourth-order valence-corrected chi connectivity index (χ4v) is 1.97. The van der Waals surface area contributed by atoms with E-state index < -0.39 is 0 Å². The van der Waals surface area contributed by atoms with E-state index in [0.29, 0.717) is 22.7 Å². The van der Waals surface area contributed by atoms with Gasteiger partial charge in [-0.15, -0.1) is 0 Å². The summed E-state index contributed by atoms with van der Waals surface area (Å²) >= 11 is 0. The Morgan fingerprint density at radius 2 is 1.62 bits per heavy atom. The van der Waals surface area contributed by atoms with Gasteiger partial charge >= 0.3 is 0 Å². The molecule has 0 aliphatic carbocycles. The van der Waals surface area contributed by atoms with Gasteiger partial charge < -0.3 is 14.8 Å². The maximum absolute atomic E-state index is 12.4. The molecule has 4 nitrogen and oxygen atoms in total. The van der Waals surface area contributed by atoms with Crippen LogP contribution in [-0.4, -0.2) is 20.1 Å². The van der Waals surface area contributed by atoms with Gasteiger partial charge in [-0.2, -0.15) is 0 Å². The van der Waals surface area contributed by atoms with Crippen molar-refractivity contribution in [1.82, 2.24) is 0 Å². The van der Waals surface area contributed by atoms with Crippen molar-refractivity contribution >= 4 is 17.7 Å². The number of carbonyl (C=O) groups is 1. The largest absolute Gasteiger partial charge is 0.496 e. The summed E-state index contributed by atoms with van der Waals surface area (Å²) in [7, 11) is 3.04. The van der Waals surface area contributed by atoms with E-state index in [0.717, 1.165) is 5.56 Å². The van der Waals surface area contributed by atoms with Gasteiger partial charge in [-0.1, -0.05) is 30.9 Å². The molecule has 2 aromatic carbocycles. The van der Waals surface area contributed by atoms with E-state index in [1.54, 1.807) is 24.3 Å². The molecule has 0 radical (unpaired) electrons. The van der Waals surface area contributed by atoms with E-state index in [1.807, 2.05) is 24.3 Å². The van der Waals surface area contributed by atoms with E-state index in [1.165, 1.54) is 14.2 Å². The molecule has 0 aliphatic heterocycles. The van der Waals surface area contributed by atoms with E-state index in [9.17, 15) is 4.79 Å². The van der Waals surface area contributed by atoms with Crippen LogP contribution in [0.15, 0.2) is 49.0 Å². The number of ether oxygens (including phenoxy) is 2. The summed E-state index contributed by atoms with van der Waals surface area (Å²) in [5.74, 6) is 0.653. The average Bonchev–Trinajstić information content (AvgIpc) is 2.54. The molecular weight excluding hydrogens is 266 g/mol. The van der Waals surface area contributed by atoms with Crippen LogP contribution >= 0.6 is 0 Å². The quantitative estimate of drug-likeness (QED) is 0.912. The molecule has 1 amide bonds. The summed E-state index contributed by atoms with van der Waals surface area (Å²) in [6.45, 7) is 3.69. The number of carbonyl (C=O) groups excluding carboxylic acids is 1. The van der Waals surface area contributed by atoms with Gasteiger partial charge in [-0.05, 0) is 29.8 Å². The Hall–Kier alpha value is -2.75. The van der Waals surface area contributed by atoms with Crippen molar-refractivity contribution in [2.45, 2.75) is 0 Å². The van der Waals surface area contributed by atoms with Crippen LogP contribution in [0.3, 0.4) is 0 Å². The molecule has 0 heterocycles. The zero-order chi connectivity index (χ0) is 15.2. The highest BCUT2D eigenvalue weighted by Crippen LogP contribution is 2.29. The van der Waals surface area contributed by atoms with Gasteiger partial charge in [0, 0.05) is 5.69 Å². The van der Waals surface area contributed by atoms with E-state index in [-0.39, 0.29) is 5.91 Å². The summed E-state index contributed by atoms with van der Waals surface area (Å²) in [5.41, 5.74) is 2.05. The van der Waals surface area contributed by atoms with Crippen molar-refractivity contribution in [2.24, 2.45) is 0 Å². The maximum Gasteiger partial charge on any atom is 0.263 e. The number of methoxy groups -OCH3 is 2. The predicted molar refractivity (Wildman–Crippen MR) is 84.0 cm³/mol. The number of hydrogen-bond acceptors (Lipinski definition) is 3. The maximum atomic E-state index is 12.4. The molecular formula is C17H17NO3. The second-order valence-corrected chi connectivity index (χ2v) is 4.32. The minimum atomic E-state index is -0.282. The lowest BCUT2D eigenvalue weighted by Crippen LogP contribution is -2.14. The van der Waals surface area contributed by atoms with Crippen molar-refractivity contribution in [3.8, 4) is 11.5 Å². The Bertz CT molecular complexity index is 625. The number of rotatable bonds is 5. The van der Waals surface area contributed by atoms with Crippen LogP contribution in [0.1, 0.15) is 15.9 Å². The Labute approximate surface area is 124 Å². The number of benzene rings is 2.